The van der Waals surface area contributed by atoms with Crippen molar-refractivity contribution in [3.63, 3.8) is 0 Å². The van der Waals surface area contributed by atoms with Gasteiger partial charge in [-0.3, -0.25) is 0 Å². The summed E-state index contributed by atoms with van der Waals surface area (Å²) in [7, 11) is 1.95. The van der Waals surface area contributed by atoms with Crippen molar-refractivity contribution in [3.05, 3.63) is 48.0 Å². The molecule has 1 N–H and O–H groups in total. The molecule has 0 atom stereocenters. The standard InChI is InChI=1S/C12H12N2O2S/c1-14-7-6-13-11(14)8-17-10-4-2-9(3-5-10)12(15)16/h2-7H,8H2,1H3,(H,15,16). The van der Waals surface area contributed by atoms with Crippen molar-refractivity contribution in [2.45, 2.75) is 10.6 Å². The van der Waals surface area contributed by atoms with Gasteiger partial charge in [0.05, 0.1) is 11.3 Å². The second-order valence-corrected chi connectivity index (χ2v) is 4.62. The lowest BCUT2D eigenvalue weighted by molar-refractivity contribution is 0.0697. The van der Waals surface area contributed by atoms with Crippen LogP contribution >= 0.6 is 11.8 Å². The van der Waals surface area contributed by atoms with Crippen LogP contribution < -0.4 is 0 Å². The van der Waals surface area contributed by atoms with E-state index in [4.69, 9.17) is 5.11 Å². The molecule has 0 saturated heterocycles. The summed E-state index contributed by atoms with van der Waals surface area (Å²) in [6.07, 6.45) is 3.67. The number of hydrogen-bond acceptors (Lipinski definition) is 3. The minimum Gasteiger partial charge on any atom is -0.478 e. The summed E-state index contributed by atoms with van der Waals surface area (Å²) < 4.78 is 1.97. The van der Waals surface area contributed by atoms with Crippen LogP contribution in [0.2, 0.25) is 0 Å². The number of carboxylic acid groups (broad SMARTS) is 1. The van der Waals surface area contributed by atoms with Gasteiger partial charge in [0.25, 0.3) is 0 Å². The van der Waals surface area contributed by atoms with Crippen molar-refractivity contribution in [3.8, 4) is 0 Å². The van der Waals surface area contributed by atoms with Gasteiger partial charge < -0.3 is 9.67 Å². The second kappa shape index (κ2) is 5.05. The lowest BCUT2D eigenvalue weighted by atomic mass is 10.2. The maximum absolute atomic E-state index is 10.7. The Hall–Kier alpha value is -1.75. The van der Waals surface area contributed by atoms with E-state index in [9.17, 15) is 4.79 Å². The van der Waals surface area contributed by atoms with E-state index in [1.807, 2.05) is 29.9 Å². The van der Waals surface area contributed by atoms with Gasteiger partial charge in [0.1, 0.15) is 5.82 Å². The summed E-state index contributed by atoms with van der Waals surface area (Å²) in [6.45, 7) is 0. The van der Waals surface area contributed by atoms with Crippen LogP contribution in [0.4, 0.5) is 0 Å². The van der Waals surface area contributed by atoms with Gasteiger partial charge in [0, 0.05) is 24.3 Å². The number of carbonyl (C=O) groups is 1. The van der Waals surface area contributed by atoms with Crippen molar-refractivity contribution in [1.29, 1.82) is 0 Å². The fraction of sp³-hybridized carbons (Fsp3) is 0.167. The molecule has 0 aliphatic carbocycles. The molecule has 1 aromatic heterocycles. The molecule has 0 amide bonds. The van der Waals surface area contributed by atoms with Crippen molar-refractivity contribution >= 4 is 17.7 Å². The predicted molar refractivity (Wildman–Crippen MR) is 66.2 cm³/mol. The van der Waals surface area contributed by atoms with E-state index >= 15 is 0 Å². The Bertz CT molecular complexity index is 520. The first-order chi connectivity index (χ1) is 8.16. The van der Waals surface area contributed by atoms with E-state index in [1.165, 1.54) is 0 Å². The van der Waals surface area contributed by atoms with Gasteiger partial charge in [-0.2, -0.15) is 0 Å². The molecule has 4 nitrogen and oxygen atoms in total. The first kappa shape index (κ1) is 11.7. The van der Waals surface area contributed by atoms with Crippen LogP contribution in [0.15, 0.2) is 41.6 Å². The molecule has 17 heavy (non-hydrogen) atoms. The number of imidazole rings is 1. The minimum absolute atomic E-state index is 0.311. The first-order valence-corrected chi connectivity index (χ1v) is 6.08. The van der Waals surface area contributed by atoms with E-state index in [-0.39, 0.29) is 0 Å². The fourth-order valence-corrected chi connectivity index (χ4v) is 2.28. The van der Waals surface area contributed by atoms with Crippen molar-refractivity contribution in [1.82, 2.24) is 9.55 Å². The third-order valence-corrected chi connectivity index (χ3v) is 3.40. The third kappa shape index (κ3) is 2.88. The van der Waals surface area contributed by atoms with Crippen LogP contribution in [-0.4, -0.2) is 20.6 Å². The van der Waals surface area contributed by atoms with E-state index in [1.54, 1.807) is 30.1 Å². The molecule has 5 heteroatoms. The highest BCUT2D eigenvalue weighted by molar-refractivity contribution is 7.98. The zero-order valence-corrected chi connectivity index (χ0v) is 10.1. The van der Waals surface area contributed by atoms with Gasteiger partial charge in [-0.05, 0) is 24.3 Å². The van der Waals surface area contributed by atoms with Crippen molar-refractivity contribution < 1.29 is 9.90 Å². The van der Waals surface area contributed by atoms with Crippen LogP contribution in [0.3, 0.4) is 0 Å². The normalized spacial score (nSPS) is 10.4. The predicted octanol–water partition coefficient (Wildman–Crippen LogP) is 2.41. The van der Waals surface area contributed by atoms with Gasteiger partial charge in [-0.1, -0.05) is 0 Å². The molecular formula is C12H12N2O2S. The number of aromatic nitrogens is 2. The molecule has 2 aromatic rings. The highest BCUT2D eigenvalue weighted by Crippen LogP contribution is 2.22. The highest BCUT2D eigenvalue weighted by Gasteiger charge is 2.03. The summed E-state index contributed by atoms with van der Waals surface area (Å²) in [6, 6.07) is 6.86. The van der Waals surface area contributed by atoms with Crippen LogP contribution in [0, 0.1) is 0 Å². The number of carboxylic acids is 1. The molecule has 0 aliphatic rings. The molecule has 0 bridgehead atoms. The quantitative estimate of drug-likeness (QED) is 0.844. The molecule has 2 rings (SSSR count). The summed E-state index contributed by atoms with van der Waals surface area (Å²) >= 11 is 1.64. The largest absolute Gasteiger partial charge is 0.478 e. The Kier molecular flexibility index (Phi) is 3.49. The average molecular weight is 248 g/mol. The fourth-order valence-electron chi connectivity index (χ4n) is 1.38. The molecule has 88 valence electrons. The van der Waals surface area contributed by atoms with Crippen LogP contribution in [0.25, 0.3) is 0 Å². The average Bonchev–Trinajstić information content (AvgIpc) is 2.73. The van der Waals surface area contributed by atoms with E-state index in [0.29, 0.717) is 5.56 Å². The Morgan fingerprint density at radius 3 is 2.65 bits per heavy atom. The monoisotopic (exact) mass is 248 g/mol. The zero-order valence-electron chi connectivity index (χ0n) is 9.33. The first-order valence-electron chi connectivity index (χ1n) is 5.09. The Morgan fingerprint density at radius 1 is 1.41 bits per heavy atom. The molecule has 1 aromatic carbocycles. The summed E-state index contributed by atoms with van der Waals surface area (Å²) in [5.41, 5.74) is 0.311. The Balaban J connectivity index is 2.00. The number of hydrogen-bond donors (Lipinski definition) is 1. The molecule has 0 aliphatic heterocycles. The number of benzene rings is 1. The van der Waals surface area contributed by atoms with E-state index in [0.717, 1.165) is 16.5 Å². The third-order valence-electron chi connectivity index (χ3n) is 2.39. The number of aromatic carboxylic acids is 1. The second-order valence-electron chi connectivity index (χ2n) is 3.57. The summed E-state index contributed by atoms with van der Waals surface area (Å²) in [5.74, 6) is 0.874. The minimum atomic E-state index is -0.898. The van der Waals surface area contributed by atoms with Gasteiger partial charge in [0.2, 0.25) is 0 Å². The van der Waals surface area contributed by atoms with Crippen molar-refractivity contribution in [2.75, 3.05) is 0 Å². The number of thioether (sulfide) groups is 1. The molecular weight excluding hydrogens is 236 g/mol. The molecule has 0 saturated carbocycles. The van der Waals surface area contributed by atoms with Gasteiger partial charge >= 0.3 is 5.97 Å². The van der Waals surface area contributed by atoms with Crippen LogP contribution in [-0.2, 0) is 12.8 Å². The van der Waals surface area contributed by atoms with Crippen LogP contribution in [0.5, 0.6) is 0 Å². The van der Waals surface area contributed by atoms with E-state index in [2.05, 4.69) is 4.98 Å². The lowest BCUT2D eigenvalue weighted by Gasteiger charge is -2.02. The summed E-state index contributed by atoms with van der Waals surface area (Å²) in [5, 5.41) is 8.77. The molecule has 0 spiro atoms. The number of aryl methyl sites for hydroxylation is 1. The maximum Gasteiger partial charge on any atom is 0.335 e. The number of rotatable bonds is 4. The summed E-state index contributed by atoms with van der Waals surface area (Å²) in [4.78, 5) is 15.9. The smallest absolute Gasteiger partial charge is 0.335 e. The Morgan fingerprint density at radius 2 is 2.12 bits per heavy atom. The lowest BCUT2D eigenvalue weighted by Crippen LogP contribution is -1.96. The van der Waals surface area contributed by atoms with Gasteiger partial charge in [-0.15, -0.1) is 11.8 Å². The molecule has 1 heterocycles. The Labute approximate surface area is 103 Å². The SMILES string of the molecule is Cn1ccnc1CSc1ccc(C(=O)O)cc1. The number of nitrogens with zero attached hydrogens (tertiary/aromatic N) is 2. The molecule has 0 fully saturated rings. The maximum atomic E-state index is 10.7. The molecule has 0 radical (unpaired) electrons. The van der Waals surface area contributed by atoms with Gasteiger partial charge in [-0.25, -0.2) is 9.78 Å². The zero-order chi connectivity index (χ0) is 12.3. The van der Waals surface area contributed by atoms with E-state index < -0.39 is 5.97 Å². The molecule has 0 unspecified atom stereocenters. The highest BCUT2D eigenvalue weighted by atomic mass is 32.2. The van der Waals surface area contributed by atoms with Gasteiger partial charge in [0.15, 0.2) is 0 Å². The van der Waals surface area contributed by atoms with Crippen LogP contribution in [0.1, 0.15) is 16.2 Å². The topological polar surface area (TPSA) is 55.1 Å². The van der Waals surface area contributed by atoms with Crippen molar-refractivity contribution in [2.24, 2.45) is 7.05 Å².